The molecule has 2 N–H and O–H groups in total. The molecule has 3 fully saturated rings. The molecule has 3 heterocycles. The number of esters is 1. The molecule has 1 spiro atoms. The molecule has 46 heavy (non-hydrogen) atoms. The molecule has 4 rings (SSSR count). The number of carbonyl (C=O) groups is 4. The lowest BCUT2D eigenvalue weighted by Gasteiger charge is -2.39. The van der Waals surface area contributed by atoms with E-state index in [1.165, 1.54) is 4.90 Å². The minimum atomic E-state index is -1.34. The summed E-state index contributed by atoms with van der Waals surface area (Å²) in [5.41, 5.74) is -0.764. The Morgan fingerprint density at radius 1 is 1.22 bits per heavy atom. The number of nitrogens with one attached hydrogen (secondary N) is 1. The van der Waals surface area contributed by atoms with Crippen LogP contribution in [0.25, 0.3) is 0 Å². The van der Waals surface area contributed by atoms with Crippen molar-refractivity contribution in [3.05, 3.63) is 49.6 Å². The Morgan fingerprint density at radius 3 is 2.50 bits per heavy atom. The van der Waals surface area contributed by atoms with Crippen LogP contribution in [-0.4, -0.2) is 95.2 Å². The summed E-state index contributed by atoms with van der Waals surface area (Å²) in [5, 5.41) is 13.3. The van der Waals surface area contributed by atoms with Gasteiger partial charge in [0.25, 0.3) is 5.91 Å². The summed E-state index contributed by atoms with van der Waals surface area (Å²) < 4.78 is 17.7. The molecule has 3 saturated heterocycles. The molecular formula is C34H46BrN3O8. The van der Waals surface area contributed by atoms with Gasteiger partial charge in [-0.25, -0.2) is 0 Å². The lowest BCUT2D eigenvalue weighted by molar-refractivity contribution is -0.159. The van der Waals surface area contributed by atoms with E-state index in [2.05, 4.69) is 34.4 Å². The number of likely N-dealkylation sites (tertiary alicyclic amines) is 1. The van der Waals surface area contributed by atoms with Gasteiger partial charge in [-0.05, 0) is 56.4 Å². The molecule has 0 aromatic heterocycles. The number of halogens is 1. The Balaban J connectivity index is 1.70. The molecule has 3 amide bonds. The van der Waals surface area contributed by atoms with Crippen molar-refractivity contribution < 1.29 is 38.5 Å². The number of allylic oxidation sites excluding steroid dienone is 1. The van der Waals surface area contributed by atoms with E-state index in [-0.39, 0.29) is 42.8 Å². The average Bonchev–Trinajstić information content (AvgIpc) is 3.63. The number of amides is 3. The molecule has 1 unspecified atom stereocenters. The molecule has 11 nitrogen and oxygen atoms in total. The zero-order chi connectivity index (χ0) is 33.8. The number of methoxy groups -OCH3 is 1. The fourth-order valence-corrected chi connectivity index (χ4v) is 8.03. The number of ether oxygens (including phenoxy) is 3. The number of carbonyl (C=O) groups excluding carboxylic acids is 4. The van der Waals surface area contributed by atoms with Crippen LogP contribution >= 0.6 is 15.9 Å². The predicted molar refractivity (Wildman–Crippen MR) is 176 cm³/mol. The van der Waals surface area contributed by atoms with Crippen molar-refractivity contribution in [2.45, 2.75) is 81.2 Å². The van der Waals surface area contributed by atoms with Crippen molar-refractivity contribution in [3.63, 3.8) is 0 Å². The maximum atomic E-state index is 14.8. The molecule has 3 aliphatic rings. The third-order valence-corrected chi connectivity index (χ3v) is 9.87. The van der Waals surface area contributed by atoms with Gasteiger partial charge < -0.3 is 34.4 Å². The summed E-state index contributed by atoms with van der Waals surface area (Å²) in [6, 6.07) is 5.20. The second-order valence-electron chi connectivity index (χ2n) is 12.7. The summed E-state index contributed by atoms with van der Waals surface area (Å²) in [6.07, 6.45) is 3.44. The maximum Gasteiger partial charge on any atom is 0.312 e. The van der Waals surface area contributed by atoms with Crippen LogP contribution < -0.4 is 15.0 Å². The smallest absolute Gasteiger partial charge is 0.312 e. The third kappa shape index (κ3) is 6.89. The van der Waals surface area contributed by atoms with Crippen molar-refractivity contribution in [2.24, 2.45) is 17.8 Å². The van der Waals surface area contributed by atoms with E-state index in [9.17, 15) is 24.3 Å². The first-order valence-corrected chi connectivity index (χ1v) is 16.7. The first kappa shape index (κ1) is 35.6. The van der Waals surface area contributed by atoms with Crippen LogP contribution in [0, 0.1) is 17.8 Å². The van der Waals surface area contributed by atoms with E-state index >= 15 is 0 Å². The van der Waals surface area contributed by atoms with Gasteiger partial charge in [0.1, 0.15) is 23.5 Å². The quantitative estimate of drug-likeness (QED) is 0.152. The number of rotatable bonds is 16. The minimum Gasteiger partial charge on any atom is -0.497 e. The van der Waals surface area contributed by atoms with E-state index in [0.29, 0.717) is 30.7 Å². The number of hydrogen-bond acceptors (Lipinski definition) is 8. The first-order valence-electron chi connectivity index (χ1n) is 15.8. The van der Waals surface area contributed by atoms with Crippen molar-refractivity contribution in [1.29, 1.82) is 0 Å². The number of aliphatic hydroxyl groups excluding tert-OH is 1. The molecule has 1 aromatic carbocycles. The van der Waals surface area contributed by atoms with Crippen molar-refractivity contribution in [1.82, 2.24) is 10.2 Å². The largest absolute Gasteiger partial charge is 0.497 e. The van der Waals surface area contributed by atoms with Crippen LogP contribution in [0.1, 0.15) is 46.5 Å². The molecule has 0 radical (unpaired) electrons. The minimum absolute atomic E-state index is 0.105. The Bertz CT molecular complexity index is 1310. The summed E-state index contributed by atoms with van der Waals surface area (Å²) >= 11 is 3.68. The van der Waals surface area contributed by atoms with Gasteiger partial charge in [0.2, 0.25) is 11.8 Å². The van der Waals surface area contributed by atoms with E-state index in [1.807, 2.05) is 13.8 Å². The molecule has 1 aromatic rings. The highest BCUT2D eigenvalue weighted by Gasteiger charge is 2.77. The summed E-state index contributed by atoms with van der Waals surface area (Å²) in [7, 11) is 1.56. The van der Waals surface area contributed by atoms with Gasteiger partial charge >= 0.3 is 5.97 Å². The number of alkyl halides is 1. The summed E-state index contributed by atoms with van der Waals surface area (Å²) in [4.78, 5) is 57.9. The lowest BCUT2D eigenvalue weighted by Crippen LogP contribution is -2.59. The van der Waals surface area contributed by atoms with E-state index in [0.717, 1.165) is 0 Å². The van der Waals surface area contributed by atoms with Crippen LogP contribution in [0.2, 0.25) is 0 Å². The summed E-state index contributed by atoms with van der Waals surface area (Å²) in [5.74, 6) is -2.88. The Labute approximate surface area is 279 Å². The van der Waals surface area contributed by atoms with Gasteiger partial charge in [-0.15, -0.1) is 13.2 Å². The summed E-state index contributed by atoms with van der Waals surface area (Å²) in [6.45, 7) is 13.0. The second-order valence-corrected chi connectivity index (χ2v) is 13.9. The molecule has 2 bridgehead atoms. The standard InChI is InChI=1S/C34H46BrN3O8/c1-7-9-10-26(40)36-18-21(5)45-33(43)27-28-31(41)38(23(19-39)16-20(3)4)30(34(28)17-25(35)29(27)46-34)32(42)37(15-8-2)22-11-13-24(44-6)14-12-22/h7-8,11-14,20-21,23,25,27-30,39H,1-2,9-10,15-19H2,3-6H3,(H,36,40)/t21-,23-,25?,27-,28+,29-,30-,34+/m1/s1. The highest BCUT2D eigenvalue weighted by Crippen LogP contribution is 2.61. The third-order valence-electron chi connectivity index (χ3n) is 9.02. The lowest BCUT2D eigenvalue weighted by atomic mass is 9.70. The number of fused-ring (bicyclic) bond motifs is 1. The molecule has 8 atom stereocenters. The number of anilines is 1. The Hall–Kier alpha value is -3.22. The van der Waals surface area contributed by atoms with Gasteiger partial charge in [0.05, 0.1) is 44.2 Å². The van der Waals surface area contributed by atoms with Gasteiger partial charge in [0, 0.05) is 23.5 Å². The molecule has 252 valence electrons. The maximum absolute atomic E-state index is 14.8. The number of aliphatic hydroxyl groups is 1. The van der Waals surface area contributed by atoms with E-state index < -0.39 is 59.5 Å². The fraction of sp³-hybridized carbons (Fsp3) is 0.588. The first-order chi connectivity index (χ1) is 21.9. The monoisotopic (exact) mass is 703 g/mol. The van der Waals surface area contributed by atoms with Crippen molar-refractivity contribution >= 4 is 45.3 Å². The van der Waals surface area contributed by atoms with Gasteiger partial charge in [-0.1, -0.05) is 41.9 Å². The second kappa shape index (κ2) is 15.1. The average molecular weight is 705 g/mol. The van der Waals surface area contributed by atoms with E-state index in [1.54, 1.807) is 55.4 Å². The highest BCUT2D eigenvalue weighted by molar-refractivity contribution is 9.09. The van der Waals surface area contributed by atoms with Crippen LogP contribution in [0.4, 0.5) is 5.69 Å². The highest BCUT2D eigenvalue weighted by atomic mass is 79.9. The molecular weight excluding hydrogens is 658 g/mol. The van der Waals surface area contributed by atoms with Crippen LogP contribution in [0.15, 0.2) is 49.6 Å². The number of nitrogens with zero attached hydrogens (tertiary/aromatic N) is 2. The molecule has 0 saturated carbocycles. The van der Waals surface area contributed by atoms with E-state index in [4.69, 9.17) is 14.2 Å². The molecule has 12 heteroatoms. The SMILES string of the molecule is C=CCCC(=O)NC[C@@H](C)OC(=O)[C@H]1[C@@H]2O[C@@]3(CC2Br)[C@@H]1C(=O)N([C@@H](CO)CC(C)C)[C@@H]3C(=O)N(CC=C)c1ccc(OC)cc1. The van der Waals surface area contributed by atoms with Gasteiger partial charge in [-0.3, -0.25) is 19.2 Å². The zero-order valence-corrected chi connectivity index (χ0v) is 28.6. The fourth-order valence-electron chi connectivity index (χ4n) is 7.09. The molecule has 0 aliphatic carbocycles. The number of hydrogen-bond donors (Lipinski definition) is 2. The van der Waals surface area contributed by atoms with Crippen LogP contribution in [0.5, 0.6) is 5.75 Å². The number of benzene rings is 1. The zero-order valence-electron chi connectivity index (χ0n) is 27.0. The van der Waals surface area contributed by atoms with Crippen LogP contribution in [-0.2, 0) is 28.7 Å². The normalized spacial score (nSPS) is 27.6. The Kier molecular flexibility index (Phi) is 11.7. The van der Waals surface area contributed by atoms with Crippen molar-refractivity contribution in [2.75, 3.05) is 31.7 Å². The Morgan fingerprint density at radius 2 is 1.91 bits per heavy atom. The molecule has 3 aliphatic heterocycles. The van der Waals surface area contributed by atoms with Gasteiger partial charge in [-0.2, -0.15) is 0 Å². The van der Waals surface area contributed by atoms with Gasteiger partial charge in [0.15, 0.2) is 0 Å². The van der Waals surface area contributed by atoms with Crippen LogP contribution in [0.3, 0.4) is 0 Å². The topological polar surface area (TPSA) is 135 Å². The van der Waals surface area contributed by atoms with Crippen molar-refractivity contribution in [3.8, 4) is 5.75 Å². The predicted octanol–water partition coefficient (Wildman–Crippen LogP) is 3.38.